The van der Waals surface area contributed by atoms with Crippen molar-refractivity contribution in [2.45, 2.75) is 24.6 Å². The highest BCUT2D eigenvalue weighted by molar-refractivity contribution is 7.22. The molecule has 1 amide bonds. The maximum absolute atomic E-state index is 12.4. The number of nitrogens with two attached hydrogens (primary N) is 1. The maximum Gasteiger partial charge on any atom is 0.422 e. The van der Waals surface area contributed by atoms with Gasteiger partial charge in [0.05, 0.1) is 10.2 Å². The summed E-state index contributed by atoms with van der Waals surface area (Å²) in [6.07, 6.45) is -3.57. The summed E-state index contributed by atoms with van der Waals surface area (Å²) in [5.74, 6) is -0.255. The summed E-state index contributed by atoms with van der Waals surface area (Å²) in [6, 6.07) is 4.41. The second-order valence-electron chi connectivity index (χ2n) is 5.78. The predicted octanol–water partition coefficient (Wildman–Crippen LogP) is 2.68. The Morgan fingerprint density at radius 2 is 2.12 bits per heavy atom. The average Bonchev–Trinajstić information content (AvgIpc) is 2.94. The molecule has 1 aliphatic rings. The first-order valence-corrected chi connectivity index (χ1v) is 8.35. The molecule has 0 aliphatic carbocycles. The lowest BCUT2D eigenvalue weighted by Crippen LogP contribution is -2.54. The zero-order chi connectivity index (χ0) is 18.1. The van der Waals surface area contributed by atoms with Gasteiger partial charge in [0.1, 0.15) is 11.3 Å². The normalized spacial score (nSPS) is 17.4. The number of nitrogens with one attached hydrogen (secondary N) is 1. The van der Waals surface area contributed by atoms with Crippen LogP contribution in [-0.2, 0) is 9.53 Å². The Balaban J connectivity index is 1.71. The van der Waals surface area contributed by atoms with E-state index in [0.29, 0.717) is 41.4 Å². The third-order valence-corrected chi connectivity index (χ3v) is 4.75. The molecule has 0 spiro atoms. The highest BCUT2D eigenvalue weighted by Gasteiger charge is 2.36. The molecule has 2 heterocycles. The minimum absolute atomic E-state index is 0.0890. The number of aromatic nitrogens is 1. The number of benzene rings is 1. The van der Waals surface area contributed by atoms with Crippen LogP contribution in [0, 0.1) is 0 Å². The molecule has 1 saturated heterocycles. The molecule has 3 N–H and O–H groups in total. The van der Waals surface area contributed by atoms with Gasteiger partial charge < -0.3 is 20.5 Å². The third kappa shape index (κ3) is 4.39. The van der Waals surface area contributed by atoms with Crippen LogP contribution >= 0.6 is 11.3 Å². The van der Waals surface area contributed by atoms with Gasteiger partial charge in [0.15, 0.2) is 11.7 Å². The summed E-state index contributed by atoms with van der Waals surface area (Å²) in [5, 5.41) is 3.02. The number of halogens is 3. The molecule has 6 nitrogen and oxygen atoms in total. The highest BCUT2D eigenvalue weighted by atomic mass is 32.1. The number of anilines is 1. The molecule has 136 valence electrons. The summed E-state index contributed by atoms with van der Waals surface area (Å²) in [5.41, 5.74) is 5.66. The molecule has 1 aliphatic heterocycles. The van der Waals surface area contributed by atoms with E-state index >= 15 is 0 Å². The number of alkyl halides is 3. The lowest BCUT2D eigenvalue weighted by atomic mass is 9.90. The number of nitrogens with zero attached hydrogens (tertiary/aromatic N) is 1. The van der Waals surface area contributed by atoms with Crippen LogP contribution < -0.4 is 15.8 Å². The number of thiazole rings is 1. The first-order valence-electron chi connectivity index (χ1n) is 7.53. The Kier molecular flexibility index (Phi) is 4.85. The Morgan fingerprint density at radius 3 is 2.80 bits per heavy atom. The lowest BCUT2D eigenvalue weighted by molar-refractivity contribution is -0.153. The monoisotopic (exact) mass is 375 g/mol. The molecule has 0 atom stereocenters. The molecular formula is C15H16F3N3O3S. The zero-order valence-electron chi connectivity index (χ0n) is 13.1. The van der Waals surface area contributed by atoms with Crippen molar-refractivity contribution in [1.82, 2.24) is 4.98 Å². The molecular weight excluding hydrogens is 359 g/mol. The van der Waals surface area contributed by atoms with Crippen LogP contribution in [0.3, 0.4) is 0 Å². The fourth-order valence-corrected chi connectivity index (χ4v) is 3.29. The Labute approximate surface area is 145 Å². The molecule has 3 rings (SSSR count). The van der Waals surface area contributed by atoms with Gasteiger partial charge in [0.25, 0.3) is 0 Å². The van der Waals surface area contributed by atoms with Gasteiger partial charge >= 0.3 is 6.18 Å². The van der Waals surface area contributed by atoms with E-state index in [-0.39, 0.29) is 11.7 Å². The molecule has 0 unspecified atom stereocenters. The highest BCUT2D eigenvalue weighted by Crippen LogP contribution is 2.31. The van der Waals surface area contributed by atoms with Crippen molar-refractivity contribution < 1.29 is 27.4 Å². The first-order chi connectivity index (χ1) is 11.8. The number of hydrogen-bond acceptors (Lipinski definition) is 6. The number of ether oxygens (including phenoxy) is 2. The van der Waals surface area contributed by atoms with Crippen LogP contribution in [0.15, 0.2) is 18.2 Å². The van der Waals surface area contributed by atoms with E-state index in [9.17, 15) is 18.0 Å². The first kappa shape index (κ1) is 17.9. The van der Waals surface area contributed by atoms with E-state index in [1.165, 1.54) is 12.1 Å². The third-order valence-electron chi connectivity index (χ3n) is 3.82. The second-order valence-corrected chi connectivity index (χ2v) is 6.81. The zero-order valence-corrected chi connectivity index (χ0v) is 13.9. The largest absolute Gasteiger partial charge is 0.484 e. The SMILES string of the molecule is NC1(C(=O)Nc2nc3ccc(OCC(F)(F)F)cc3s2)CCOCC1. The molecule has 25 heavy (non-hydrogen) atoms. The standard InChI is InChI=1S/C15H16F3N3O3S/c16-15(17,18)8-24-9-1-2-10-11(7-9)25-13(20-10)21-12(22)14(19)3-5-23-6-4-14/h1-2,7H,3-6,8,19H2,(H,20,21,22). The summed E-state index contributed by atoms with van der Waals surface area (Å²) >= 11 is 1.14. The quantitative estimate of drug-likeness (QED) is 0.858. The van der Waals surface area contributed by atoms with E-state index < -0.39 is 18.3 Å². The van der Waals surface area contributed by atoms with E-state index in [1.807, 2.05) is 0 Å². The van der Waals surface area contributed by atoms with Gasteiger partial charge in [-0.05, 0) is 31.0 Å². The van der Waals surface area contributed by atoms with Crippen LogP contribution in [-0.4, -0.2) is 42.4 Å². The smallest absolute Gasteiger partial charge is 0.422 e. The molecule has 0 saturated carbocycles. The summed E-state index contributed by atoms with van der Waals surface area (Å²) in [4.78, 5) is 16.6. The van der Waals surface area contributed by atoms with E-state index in [0.717, 1.165) is 11.3 Å². The van der Waals surface area contributed by atoms with Crippen molar-refractivity contribution in [1.29, 1.82) is 0 Å². The van der Waals surface area contributed by atoms with Gasteiger partial charge in [0, 0.05) is 13.2 Å². The van der Waals surface area contributed by atoms with Gasteiger partial charge in [-0.3, -0.25) is 4.79 Å². The molecule has 1 aromatic carbocycles. The lowest BCUT2D eigenvalue weighted by Gasteiger charge is -2.31. The molecule has 1 fully saturated rings. The van der Waals surface area contributed by atoms with Gasteiger partial charge in [0.2, 0.25) is 5.91 Å². The topological polar surface area (TPSA) is 86.5 Å². The fourth-order valence-electron chi connectivity index (χ4n) is 2.40. The van der Waals surface area contributed by atoms with Crippen molar-refractivity contribution in [3.8, 4) is 5.75 Å². The Hall–Kier alpha value is -1.91. The molecule has 0 radical (unpaired) electrons. The number of carbonyl (C=O) groups is 1. The number of fused-ring (bicyclic) bond motifs is 1. The molecule has 10 heteroatoms. The minimum atomic E-state index is -4.40. The maximum atomic E-state index is 12.4. The van der Waals surface area contributed by atoms with Crippen molar-refractivity contribution >= 4 is 32.6 Å². The van der Waals surface area contributed by atoms with Crippen molar-refractivity contribution in [2.24, 2.45) is 5.73 Å². The predicted molar refractivity (Wildman–Crippen MR) is 86.8 cm³/mol. The van der Waals surface area contributed by atoms with Crippen LogP contribution in [0.4, 0.5) is 18.3 Å². The van der Waals surface area contributed by atoms with Crippen LogP contribution in [0.1, 0.15) is 12.8 Å². The molecule has 0 bridgehead atoms. The summed E-state index contributed by atoms with van der Waals surface area (Å²) in [7, 11) is 0. The fraction of sp³-hybridized carbons (Fsp3) is 0.467. The number of rotatable bonds is 4. The van der Waals surface area contributed by atoms with E-state index in [1.54, 1.807) is 6.07 Å². The van der Waals surface area contributed by atoms with E-state index in [2.05, 4.69) is 10.3 Å². The van der Waals surface area contributed by atoms with Gasteiger partial charge in [-0.15, -0.1) is 0 Å². The molecule has 2 aromatic rings. The summed E-state index contributed by atoms with van der Waals surface area (Å²) in [6.45, 7) is -0.522. The van der Waals surface area contributed by atoms with Crippen molar-refractivity contribution in [3.63, 3.8) is 0 Å². The van der Waals surface area contributed by atoms with E-state index in [4.69, 9.17) is 15.2 Å². The van der Waals surface area contributed by atoms with Crippen LogP contribution in [0.25, 0.3) is 10.2 Å². The summed E-state index contributed by atoms with van der Waals surface area (Å²) < 4.78 is 47.2. The van der Waals surface area contributed by atoms with Gasteiger partial charge in [-0.2, -0.15) is 13.2 Å². The second kappa shape index (κ2) is 6.77. The number of amides is 1. The Bertz CT molecular complexity index is 772. The van der Waals surface area contributed by atoms with Gasteiger partial charge in [-0.1, -0.05) is 11.3 Å². The van der Waals surface area contributed by atoms with Crippen LogP contribution in [0.5, 0.6) is 5.75 Å². The average molecular weight is 375 g/mol. The van der Waals surface area contributed by atoms with Crippen molar-refractivity contribution in [3.05, 3.63) is 18.2 Å². The Morgan fingerprint density at radius 1 is 1.40 bits per heavy atom. The number of carbonyl (C=O) groups excluding carboxylic acids is 1. The van der Waals surface area contributed by atoms with Gasteiger partial charge in [-0.25, -0.2) is 4.98 Å². The molecule has 1 aromatic heterocycles. The van der Waals surface area contributed by atoms with Crippen molar-refractivity contribution in [2.75, 3.05) is 25.1 Å². The number of hydrogen-bond donors (Lipinski definition) is 2. The van der Waals surface area contributed by atoms with Crippen LogP contribution in [0.2, 0.25) is 0 Å². The minimum Gasteiger partial charge on any atom is -0.484 e.